The van der Waals surface area contributed by atoms with Crippen molar-refractivity contribution in [1.82, 2.24) is 5.32 Å². The number of carbonyl (C=O) groups is 1. The topological polar surface area (TPSA) is 67.6 Å². The molecule has 0 unspecified atom stereocenters. The third-order valence-electron chi connectivity index (χ3n) is 3.46. The first-order valence-electron chi connectivity index (χ1n) is 7.46. The number of ether oxygens (including phenoxy) is 1. The van der Waals surface area contributed by atoms with Crippen LogP contribution in [0.2, 0.25) is 0 Å². The molecule has 116 valence electrons. The molecule has 0 aliphatic carbocycles. The van der Waals surface area contributed by atoms with Crippen molar-refractivity contribution in [2.75, 3.05) is 23.7 Å². The molecule has 0 radical (unpaired) electrons. The molecule has 0 aromatic heterocycles. The molecule has 1 aromatic rings. The molecule has 1 heterocycles. The van der Waals surface area contributed by atoms with E-state index < -0.39 is 5.60 Å². The van der Waals surface area contributed by atoms with Crippen molar-refractivity contribution in [2.45, 2.75) is 45.3 Å². The molecular weight excluding hydrogens is 266 g/mol. The molecule has 5 nitrogen and oxygen atoms in total. The van der Waals surface area contributed by atoms with Gasteiger partial charge in [-0.1, -0.05) is 12.1 Å². The van der Waals surface area contributed by atoms with Gasteiger partial charge >= 0.3 is 6.09 Å². The summed E-state index contributed by atoms with van der Waals surface area (Å²) in [5.74, 6) is 0. The number of nitrogen functional groups attached to an aromatic ring is 1. The lowest BCUT2D eigenvalue weighted by molar-refractivity contribution is 0.0559. The van der Waals surface area contributed by atoms with E-state index in [1.54, 1.807) is 4.90 Å². The summed E-state index contributed by atoms with van der Waals surface area (Å²) in [5, 5.41) is 3.31. The Morgan fingerprint density at radius 3 is 2.48 bits per heavy atom. The summed E-state index contributed by atoms with van der Waals surface area (Å²) in [6.45, 7) is 7.42. The number of hydrogen-bond donors (Lipinski definition) is 2. The maximum Gasteiger partial charge on any atom is 0.415 e. The van der Waals surface area contributed by atoms with Crippen molar-refractivity contribution in [1.29, 1.82) is 0 Å². The molecule has 0 bridgehead atoms. The standard InChI is InChI=1S/C16H25N3O2/c1-16(2,3)21-15(20)19(12-8-10-18-11-9-12)14-7-5-4-6-13(14)17/h4-7,12,18H,8-11,17H2,1-3H3. The highest BCUT2D eigenvalue weighted by atomic mass is 16.6. The van der Waals surface area contributed by atoms with E-state index in [0.29, 0.717) is 5.69 Å². The lowest BCUT2D eigenvalue weighted by Crippen LogP contribution is -2.48. The van der Waals surface area contributed by atoms with Crippen LogP contribution in [-0.4, -0.2) is 30.8 Å². The van der Waals surface area contributed by atoms with Gasteiger partial charge in [0.25, 0.3) is 0 Å². The second-order valence-corrected chi connectivity index (χ2v) is 6.39. The molecular formula is C16H25N3O2. The summed E-state index contributed by atoms with van der Waals surface area (Å²) in [6.07, 6.45) is 1.47. The molecule has 0 atom stereocenters. The average Bonchev–Trinajstić information content (AvgIpc) is 2.40. The Morgan fingerprint density at radius 2 is 1.90 bits per heavy atom. The van der Waals surface area contributed by atoms with Crippen LogP contribution in [-0.2, 0) is 4.74 Å². The van der Waals surface area contributed by atoms with Crippen LogP contribution in [0.5, 0.6) is 0 Å². The number of para-hydroxylation sites is 2. The number of nitrogens with one attached hydrogen (secondary N) is 1. The quantitative estimate of drug-likeness (QED) is 0.822. The van der Waals surface area contributed by atoms with Gasteiger partial charge in [-0.25, -0.2) is 4.79 Å². The van der Waals surface area contributed by atoms with Gasteiger partial charge in [-0.2, -0.15) is 0 Å². The molecule has 1 fully saturated rings. The van der Waals surface area contributed by atoms with Crippen LogP contribution in [0.15, 0.2) is 24.3 Å². The number of hydrogen-bond acceptors (Lipinski definition) is 4. The number of anilines is 2. The van der Waals surface area contributed by atoms with Crippen LogP contribution in [0.4, 0.5) is 16.2 Å². The molecule has 5 heteroatoms. The van der Waals surface area contributed by atoms with Gasteiger partial charge in [0.1, 0.15) is 5.60 Å². The minimum absolute atomic E-state index is 0.116. The molecule has 1 aliphatic heterocycles. The second kappa shape index (κ2) is 6.35. The maximum atomic E-state index is 12.6. The van der Waals surface area contributed by atoms with Gasteiger partial charge in [-0.3, -0.25) is 4.90 Å². The Hall–Kier alpha value is -1.75. The highest BCUT2D eigenvalue weighted by molar-refractivity contribution is 5.92. The number of carbonyl (C=O) groups excluding carboxylic acids is 1. The van der Waals surface area contributed by atoms with Crippen molar-refractivity contribution in [3.8, 4) is 0 Å². The first-order chi connectivity index (χ1) is 9.88. The van der Waals surface area contributed by atoms with Gasteiger partial charge in [0.2, 0.25) is 0 Å². The Labute approximate surface area is 126 Å². The SMILES string of the molecule is CC(C)(C)OC(=O)N(c1ccccc1N)C1CCNCC1. The van der Waals surface area contributed by atoms with E-state index in [9.17, 15) is 4.79 Å². The van der Waals surface area contributed by atoms with E-state index in [4.69, 9.17) is 10.5 Å². The van der Waals surface area contributed by atoms with E-state index in [0.717, 1.165) is 31.6 Å². The number of nitrogens with zero attached hydrogens (tertiary/aromatic N) is 1. The van der Waals surface area contributed by atoms with Crippen molar-refractivity contribution in [3.05, 3.63) is 24.3 Å². The van der Waals surface area contributed by atoms with Crippen LogP contribution in [0, 0.1) is 0 Å². The lowest BCUT2D eigenvalue weighted by Gasteiger charge is -2.36. The van der Waals surface area contributed by atoms with Crippen LogP contribution in [0.3, 0.4) is 0 Å². The maximum absolute atomic E-state index is 12.6. The zero-order valence-corrected chi connectivity index (χ0v) is 13.1. The molecule has 3 N–H and O–H groups in total. The van der Waals surface area contributed by atoms with Gasteiger partial charge in [-0.15, -0.1) is 0 Å². The highest BCUT2D eigenvalue weighted by Crippen LogP contribution is 2.29. The molecule has 0 spiro atoms. The number of piperidine rings is 1. The minimum Gasteiger partial charge on any atom is -0.443 e. The summed E-state index contributed by atoms with van der Waals surface area (Å²) in [6, 6.07) is 7.57. The van der Waals surface area contributed by atoms with Crippen LogP contribution >= 0.6 is 0 Å². The molecule has 1 amide bonds. The van der Waals surface area contributed by atoms with E-state index in [1.807, 2.05) is 45.0 Å². The van der Waals surface area contributed by atoms with Gasteiger partial charge < -0.3 is 15.8 Å². The number of benzene rings is 1. The number of nitrogens with two attached hydrogens (primary N) is 1. The normalized spacial score (nSPS) is 16.5. The third-order valence-corrected chi connectivity index (χ3v) is 3.46. The monoisotopic (exact) mass is 291 g/mol. The Bertz CT molecular complexity index is 491. The van der Waals surface area contributed by atoms with Crippen LogP contribution in [0.1, 0.15) is 33.6 Å². The summed E-state index contributed by atoms with van der Waals surface area (Å²) in [7, 11) is 0. The molecule has 0 saturated carbocycles. The van der Waals surface area contributed by atoms with Crippen molar-refractivity contribution in [2.24, 2.45) is 0 Å². The zero-order chi connectivity index (χ0) is 15.5. The van der Waals surface area contributed by atoms with E-state index >= 15 is 0 Å². The van der Waals surface area contributed by atoms with Crippen molar-refractivity contribution in [3.63, 3.8) is 0 Å². The van der Waals surface area contributed by atoms with Crippen LogP contribution in [0.25, 0.3) is 0 Å². The first-order valence-corrected chi connectivity index (χ1v) is 7.46. The Kier molecular flexibility index (Phi) is 4.73. The minimum atomic E-state index is -0.522. The predicted molar refractivity (Wildman–Crippen MR) is 85.5 cm³/mol. The summed E-state index contributed by atoms with van der Waals surface area (Å²) in [4.78, 5) is 14.4. The van der Waals surface area contributed by atoms with E-state index in [2.05, 4.69) is 5.32 Å². The van der Waals surface area contributed by atoms with Crippen LogP contribution < -0.4 is 16.0 Å². The van der Waals surface area contributed by atoms with Gasteiger partial charge in [0.15, 0.2) is 0 Å². The Balaban J connectivity index is 2.30. The average molecular weight is 291 g/mol. The fourth-order valence-electron chi connectivity index (χ4n) is 2.53. The smallest absolute Gasteiger partial charge is 0.415 e. The predicted octanol–water partition coefficient (Wildman–Crippen LogP) is 2.76. The molecule has 21 heavy (non-hydrogen) atoms. The summed E-state index contributed by atoms with van der Waals surface area (Å²) in [5.41, 5.74) is 6.88. The summed E-state index contributed by atoms with van der Waals surface area (Å²) >= 11 is 0. The molecule has 1 aliphatic rings. The first kappa shape index (κ1) is 15.6. The fourth-order valence-corrected chi connectivity index (χ4v) is 2.53. The highest BCUT2D eigenvalue weighted by Gasteiger charge is 2.31. The fraction of sp³-hybridized carbons (Fsp3) is 0.562. The molecule has 1 saturated heterocycles. The lowest BCUT2D eigenvalue weighted by atomic mass is 10.0. The van der Waals surface area contributed by atoms with Gasteiger partial charge in [0, 0.05) is 6.04 Å². The van der Waals surface area contributed by atoms with E-state index in [-0.39, 0.29) is 12.1 Å². The van der Waals surface area contributed by atoms with E-state index in [1.165, 1.54) is 0 Å². The zero-order valence-electron chi connectivity index (χ0n) is 13.1. The van der Waals surface area contributed by atoms with Crippen molar-refractivity contribution >= 4 is 17.5 Å². The molecule has 1 aromatic carbocycles. The third kappa shape index (κ3) is 4.11. The summed E-state index contributed by atoms with van der Waals surface area (Å²) < 4.78 is 5.57. The number of rotatable bonds is 2. The second-order valence-electron chi connectivity index (χ2n) is 6.39. The number of amides is 1. The van der Waals surface area contributed by atoms with Gasteiger partial charge in [-0.05, 0) is 58.8 Å². The van der Waals surface area contributed by atoms with Gasteiger partial charge in [0.05, 0.1) is 11.4 Å². The largest absolute Gasteiger partial charge is 0.443 e. The molecule has 2 rings (SSSR count). The Morgan fingerprint density at radius 1 is 1.29 bits per heavy atom. The van der Waals surface area contributed by atoms with Crippen molar-refractivity contribution < 1.29 is 9.53 Å².